The molecule has 14 radical (unpaired) electrons. The number of halogens is 2. The molecule has 6 N–H and O–H groups in total. The van der Waals surface area contributed by atoms with Crippen molar-refractivity contribution in [1.82, 2.24) is 0 Å². The second kappa shape index (κ2) is 134. The average Bonchev–Trinajstić information content (AvgIpc) is 3.21. The van der Waals surface area contributed by atoms with Crippen molar-refractivity contribution < 1.29 is 350 Å². The fraction of sp³-hybridized carbons (Fsp3) is 0.909. The molecule has 5 nitrogen and oxygen atoms in total. The number of unbranched alkanes of at least 4 members (excludes halogenated alkanes) is 36. The summed E-state index contributed by atoms with van der Waals surface area (Å²) >= 11 is 0. The van der Waals surface area contributed by atoms with Crippen molar-refractivity contribution in [2.75, 3.05) is 34.2 Å². The van der Waals surface area contributed by atoms with Crippen LogP contribution < -0.4 is 22.7 Å². The van der Waals surface area contributed by atoms with E-state index in [9.17, 15) is 4.79 Å². The molecule has 0 aliphatic rings. The molecule has 0 unspecified atom stereocenters. The predicted molar refractivity (Wildman–Crippen MR) is 281 cm³/mol. The van der Waals surface area contributed by atoms with Gasteiger partial charge in [0.1, 0.15) is 0 Å². The first-order valence-electron chi connectivity index (χ1n) is 26.8. The largest absolute Gasteiger partial charge is 1.00 e. The van der Waals surface area contributed by atoms with Crippen LogP contribution in [0.3, 0.4) is 0 Å². The summed E-state index contributed by atoms with van der Waals surface area (Å²) in [5.41, 5.74) is 5.49. The Morgan fingerprint density at radius 2 is 0.526 bits per heavy atom. The van der Waals surface area contributed by atoms with Gasteiger partial charge in [-0.2, -0.15) is 0 Å². The van der Waals surface area contributed by atoms with Gasteiger partial charge in [-0.05, 0) is 83.6 Å². The number of quaternary nitrogens is 1. The van der Waals surface area contributed by atoms with Crippen LogP contribution in [0.15, 0.2) is 24.3 Å². The van der Waals surface area contributed by atoms with Crippen molar-refractivity contribution in [1.29, 1.82) is 0 Å². The van der Waals surface area contributed by atoms with Gasteiger partial charge in [0.05, 0.1) is 27.7 Å². The van der Waals surface area contributed by atoms with E-state index in [1.807, 2.05) is 0 Å². The number of hydrogen-bond donors (Lipinski definition) is 2. The van der Waals surface area contributed by atoms with Crippen molar-refractivity contribution in [2.24, 2.45) is 5.73 Å². The molecule has 0 saturated carbocycles. The second-order valence-corrected chi connectivity index (χ2v) is 19.1. The summed E-state index contributed by atoms with van der Waals surface area (Å²) in [4.78, 5) is 10.3. The quantitative estimate of drug-likeness (QED) is 0.0209. The Morgan fingerprint density at radius 1 is 0.342 bits per heavy atom. The molecule has 0 fully saturated rings. The molecule has 0 heterocycles. The van der Waals surface area contributed by atoms with E-state index in [2.05, 4.69) is 66.2 Å². The van der Waals surface area contributed by atoms with Gasteiger partial charge in [0, 0.05) is 320 Å². The summed E-state index contributed by atoms with van der Waals surface area (Å²) in [7, 11) is 6.88. The molecule has 0 amide bonds. The molecule has 0 bridgehead atoms. The number of carbonyl (C=O) groups is 1. The Balaban J connectivity index is -0.0000000310. The third kappa shape index (κ3) is 161. The van der Waals surface area contributed by atoms with Crippen molar-refractivity contribution >= 4 is 18.4 Å². The van der Waals surface area contributed by atoms with Gasteiger partial charge in [0.2, 0.25) is 0 Å². The third-order valence-electron chi connectivity index (χ3n) is 11.6. The Kier molecular flexibility index (Phi) is 251. The van der Waals surface area contributed by atoms with E-state index in [0.717, 1.165) is 23.9 Å². The van der Waals surface area contributed by atoms with Gasteiger partial charge in [0.25, 0.3) is 0 Å². The number of nitrogens with zero attached hydrogens (tertiary/aromatic N) is 1. The smallest absolute Gasteiger partial charge is 0.303 e. The molecule has 76 heavy (non-hydrogen) atoms. The second-order valence-electron chi connectivity index (χ2n) is 19.1. The number of hydrogen-bond acceptors (Lipinski definition) is 2. The van der Waals surface area contributed by atoms with Crippen LogP contribution in [0, 0.1) is 0 Å². The zero-order valence-corrected chi connectivity index (χ0v) is 80.1. The molecule has 532 valence electrons. The molecule has 21 heteroatoms. The van der Waals surface area contributed by atoms with Gasteiger partial charge in [-0.1, -0.05) is 231 Å². The minimum Gasteiger partial charge on any atom is -1.00 e. The van der Waals surface area contributed by atoms with E-state index in [4.69, 9.17) is 10.8 Å². The van der Waals surface area contributed by atoms with Crippen LogP contribution >= 0.6 is 12.4 Å². The summed E-state index contributed by atoms with van der Waals surface area (Å²) in [6.45, 7) is 9.02. The normalized spacial score (nSPS) is 8.99. The molecular formula is C55H117Au14BrClN2O3+. The maximum Gasteiger partial charge on any atom is 0.303 e. The molecular weight excluding hydrogens is 3610 g/mol. The number of carboxylic acids is 1. The number of nitrogens with two attached hydrogens (primary N) is 1. The number of rotatable bonds is 45. The van der Waals surface area contributed by atoms with Crippen molar-refractivity contribution in [2.45, 2.75) is 290 Å². The van der Waals surface area contributed by atoms with Crippen LogP contribution in [-0.2, 0) is 324 Å². The summed E-state index contributed by atoms with van der Waals surface area (Å²) in [6.07, 6.45) is 65.5. The van der Waals surface area contributed by atoms with Crippen LogP contribution in [0.2, 0.25) is 0 Å². The van der Waals surface area contributed by atoms with Crippen LogP contribution in [0.1, 0.15) is 290 Å². The Bertz CT molecular complexity index is 873. The van der Waals surface area contributed by atoms with E-state index in [-0.39, 0.29) is 348 Å². The Morgan fingerprint density at radius 3 is 0.737 bits per heavy atom. The van der Waals surface area contributed by atoms with E-state index in [1.165, 1.54) is 257 Å². The number of allylic oxidation sites excluding steroid dienone is 4. The van der Waals surface area contributed by atoms with Gasteiger partial charge in [-0.15, -0.1) is 12.4 Å². The van der Waals surface area contributed by atoms with Gasteiger partial charge < -0.3 is 37.8 Å². The Labute approximate surface area is 710 Å². The van der Waals surface area contributed by atoms with Crippen LogP contribution in [0.25, 0.3) is 0 Å². The van der Waals surface area contributed by atoms with Gasteiger partial charge in [-0.3, -0.25) is 4.79 Å². The summed E-state index contributed by atoms with van der Waals surface area (Å²) in [5.74, 6) is -0.666. The summed E-state index contributed by atoms with van der Waals surface area (Å²) in [5, 5.41) is 8.48. The summed E-state index contributed by atoms with van der Waals surface area (Å²) < 4.78 is 1.12. The van der Waals surface area contributed by atoms with E-state index in [1.54, 1.807) is 0 Å². The van der Waals surface area contributed by atoms with E-state index >= 15 is 0 Å². The molecule has 0 atom stereocenters. The average molecular weight is 3730 g/mol. The molecule has 0 saturated heterocycles. The first-order chi connectivity index (χ1) is 28.7. The van der Waals surface area contributed by atoms with Crippen LogP contribution in [0.5, 0.6) is 0 Å². The monoisotopic (exact) mass is 3730 g/mol. The molecule has 0 aromatic rings. The van der Waals surface area contributed by atoms with Gasteiger partial charge >= 0.3 is 5.97 Å². The fourth-order valence-electron chi connectivity index (χ4n) is 7.52. The SMILES string of the molecule is CCCCCC/C=C\CCCCCCCC(=O)O.CCCCCCCC/C=C/CCCCCCCCCCN.CCCCCCCCCCCCCCCC[N+](C)(C)C.Cl.[Au].[Au].[Au].[Au].[Au].[Au].[Au].[Au].[Au].[Au].[Au].[Au].[Au].[Au].[Br-].[OH3+]. The topological polar surface area (TPSA) is 96.3 Å². The minimum absolute atomic E-state index is 0. The molecule has 0 spiro atoms. The van der Waals surface area contributed by atoms with Crippen molar-refractivity contribution in [3.63, 3.8) is 0 Å². The third-order valence-corrected chi connectivity index (χ3v) is 11.6. The van der Waals surface area contributed by atoms with Crippen LogP contribution in [-0.4, -0.2) is 49.8 Å². The van der Waals surface area contributed by atoms with Crippen molar-refractivity contribution in [3.05, 3.63) is 24.3 Å². The molecule has 0 aliphatic carbocycles. The minimum atomic E-state index is -0.666. The summed E-state index contributed by atoms with van der Waals surface area (Å²) in [6, 6.07) is 0. The number of carboxylic acid groups (broad SMARTS) is 1. The maximum atomic E-state index is 10.3. The Hall–Kier alpha value is 9.96. The van der Waals surface area contributed by atoms with Gasteiger partial charge in [-0.25, -0.2) is 0 Å². The molecule has 0 aromatic carbocycles. The van der Waals surface area contributed by atoms with E-state index < -0.39 is 5.97 Å². The first kappa shape index (κ1) is 143. The molecule has 0 rings (SSSR count). The maximum absolute atomic E-state index is 10.3. The first-order valence-corrected chi connectivity index (χ1v) is 26.8. The zero-order chi connectivity index (χ0) is 44.0. The fourth-order valence-corrected chi connectivity index (χ4v) is 7.52. The van der Waals surface area contributed by atoms with Gasteiger partial charge in [0.15, 0.2) is 0 Å². The van der Waals surface area contributed by atoms with Crippen LogP contribution in [0.4, 0.5) is 0 Å². The van der Waals surface area contributed by atoms with Crippen molar-refractivity contribution in [3.8, 4) is 0 Å². The standard InChI is InChI=1S/C20H41N.C19H42N.C16H30O2.14Au.BrH.ClH.H2O/c1-2-3-4-5-6-7-8-9-10-11-12-13-14-15-16-17-18-19-20-21;1-5-6-7-8-9-10-11-12-13-14-15-16-17-18-19-20(2,3)4;1-2-3-4-5-6-7-8-9-10-11-12-13-14-15-16(17)18;;;;;;;;;;;;;;;;;/h9-10H,2-8,11-21H2,1H3;5-19H2,1-4H3;7-8H,2-6,9-15H2,1H3,(H,17,18);;;;;;;;;;;;;;;2*1H;1H2/q;+1;;;;;;;;;;;;;;;;;;/b10-9+;;8-7-;;;;;;;;;;;;;;;;;. The predicted octanol–water partition coefficient (Wildman–Crippen LogP) is 14.7. The molecule has 0 aromatic heterocycles. The number of aliphatic carboxylic acids is 1. The molecule has 0 aliphatic heterocycles. The zero-order valence-electron chi connectivity index (χ0n) is 47.4. The van der Waals surface area contributed by atoms with E-state index in [0.29, 0.717) is 6.42 Å².